The first-order valence-electron chi connectivity index (χ1n) is 9.50. The highest BCUT2D eigenvalue weighted by Gasteiger charge is 2.40. The Bertz CT molecular complexity index is 1010. The second kappa shape index (κ2) is 7.16. The fourth-order valence-corrected chi connectivity index (χ4v) is 5.05. The molecule has 1 atom stereocenters. The predicted octanol–water partition coefficient (Wildman–Crippen LogP) is 3.84. The summed E-state index contributed by atoms with van der Waals surface area (Å²) in [5, 5.41) is 0. The Hall–Kier alpha value is -1.81. The number of cyclic esters (lactones) is 1. The number of aromatic amines is 1. The maximum Gasteiger partial charge on any atom is 0.417 e. The minimum absolute atomic E-state index is 0.0871. The Balaban J connectivity index is 1.59. The summed E-state index contributed by atoms with van der Waals surface area (Å²) in [6.45, 7) is 3.87. The average molecular weight is 476 g/mol. The summed E-state index contributed by atoms with van der Waals surface area (Å²) in [4.78, 5) is 29.1. The lowest BCUT2D eigenvalue weighted by molar-refractivity contribution is -0.154. The fraction of sp³-hybridized carbons (Fsp3) is 0.579. The van der Waals surface area contributed by atoms with Crippen LogP contribution in [0.3, 0.4) is 0 Å². The molecule has 1 N–H and O–H groups in total. The van der Waals surface area contributed by atoms with E-state index in [0.29, 0.717) is 44.5 Å². The Morgan fingerprint density at radius 2 is 1.93 bits per heavy atom. The van der Waals surface area contributed by atoms with Crippen molar-refractivity contribution in [2.45, 2.75) is 50.4 Å². The van der Waals surface area contributed by atoms with Gasteiger partial charge in [0.2, 0.25) is 0 Å². The van der Waals surface area contributed by atoms with Crippen LogP contribution in [-0.2, 0) is 15.7 Å². The van der Waals surface area contributed by atoms with Gasteiger partial charge in [0.05, 0.1) is 29.6 Å². The van der Waals surface area contributed by atoms with E-state index in [1.165, 1.54) is 6.07 Å². The molecule has 2 aliphatic rings. The Kier molecular flexibility index (Phi) is 5.05. The molecule has 4 rings (SSSR count). The van der Waals surface area contributed by atoms with Crippen LogP contribution in [0.2, 0.25) is 0 Å². The zero-order valence-corrected chi connectivity index (χ0v) is 17.4. The third-order valence-electron chi connectivity index (χ3n) is 6.13. The van der Waals surface area contributed by atoms with Gasteiger partial charge >= 0.3 is 17.8 Å². The molecule has 1 aromatic heterocycles. The van der Waals surface area contributed by atoms with Crippen LogP contribution in [0.15, 0.2) is 21.4 Å². The number of esters is 1. The van der Waals surface area contributed by atoms with Crippen molar-refractivity contribution in [3.05, 3.63) is 32.7 Å². The van der Waals surface area contributed by atoms with E-state index in [1.807, 2.05) is 0 Å². The standard InChI is InChI=1S/C19H21BrF3N3O3/c1-18(4-7-29-16(27)10-18)25-5-2-11(3-6-25)26-15-9-13(20)12(19(21,22)23)8-14(15)24-17(26)28/h8-9,11H,2-7,10H2,1H3,(H,24,28). The molecular weight excluding hydrogens is 455 g/mol. The molecule has 0 aliphatic carbocycles. The molecule has 1 aromatic carbocycles. The van der Waals surface area contributed by atoms with Crippen LogP contribution < -0.4 is 5.69 Å². The number of piperidine rings is 1. The van der Waals surface area contributed by atoms with Crippen LogP contribution in [0.1, 0.15) is 44.2 Å². The summed E-state index contributed by atoms with van der Waals surface area (Å²) in [7, 11) is 0. The van der Waals surface area contributed by atoms with Crippen molar-refractivity contribution >= 4 is 32.9 Å². The van der Waals surface area contributed by atoms with Crippen LogP contribution in [0.5, 0.6) is 0 Å². The number of hydrogen-bond acceptors (Lipinski definition) is 4. The van der Waals surface area contributed by atoms with Gasteiger partial charge in [-0.3, -0.25) is 14.3 Å². The number of carbonyl (C=O) groups is 1. The first-order valence-corrected chi connectivity index (χ1v) is 10.3. The quantitative estimate of drug-likeness (QED) is 0.670. The zero-order chi connectivity index (χ0) is 21.0. The van der Waals surface area contributed by atoms with E-state index in [-0.39, 0.29) is 27.5 Å². The minimum Gasteiger partial charge on any atom is -0.466 e. The van der Waals surface area contributed by atoms with Gasteiger partial charge in [-0.2, -0.15) is 13.2 Å². The first-order chi connectivity index (χ1) is 13.6. The molecule has 0 radical (unpaired) electrons. The van der Waals surface area contributed by atoms with Crippen molar-refractivity contribution in [1.82, 2.24) is 14.5 Å². The summed E-state index contributed by atoms with van der Waals surface area (Å²) in [5.41, 5.74) is -0.839. The van der Waals surface area contributed by atoms with E-state index >= 15 is 0 Å². The van der Waals surface area contributed by atoms with Gasteiger partial charge in [-0.15, -0.1) is 0 Å². The van der Waals surface area contributed by atoms with Crippen molar-refractivity contribution < 1.29 is 22.7 Å². The lowest BCUT2D eigenvalue weighted by atomic mass is 9.87. The minimum atomic E-state index is -4.51. The highest BCUT2D eigenvalue weighted by molar-refractivity contribution is 9.10. The van der Waals surface area contributed by atoms with Crippen LogP contribution >= 0.6 is 15.9 Å². The number of aromatic nitrogens is 2. The Labute approximate surface area is 173 Å². The third kappa shape index (κ3) is 3.72. The Morgan fingerprint density at radius 3 is 2.55 bits per heavy atom. The molecule has 2 saturated heterocycles. The molecule has 10 heteroatoms. The van der Waals surface area contributed by atoms with E-state index in [9.17, 15) is 22.8 Å². The lowest BCUT2D eigenvalue weighted by Gasteiger charge is -2.46. The van der Waals surface area contributed by atoms with E-state index in [0.717, 1.165) is 12.5 Å². The van der Waals surface area contributed by atoms with Gasteiger partial charge in [-0.25, -0.2) is 4.79 Å². The largest absolute Gasteiger partial charge is 0.466 e. The predicted molar refractivity (Wildman–Crippen MR) is 104 cm³/mol. The molecule has 2 aliphatic heterocycles. The number of hydrogen-bond donors (Lipinski definition) is 1. The summed E-state index contributed by atoms with van der Waals surface area (Å²) in [6, 6.07) is 2.22. The summed E-state index contributed by atoms with van der Waals surface area (Å²) < 4.78 is 46.0. The number of ether oxygens (including phenoxy) is 1. The number of fused-ring (bicyclic) bond motifs is 1. The van der Waals surface area contributed by atoms with Crippen LogP contribution in [0, 0.1) is 0 Å². The third-order valence-corrected chi connectivity index (χ3v) is 6.79. The molecule has 158 valence electrons. The number of nitrogens with one attached hydrogen (secondary N) is 1. The molecule has 0 saturated carbocycles. The fourth-order valence-electron chi connectivity index (χ4n) is 4.50. The number of nitrogens with zero attached hydrogens (tertiary/aromatic N) is 2. The second-order valence-electron chi connectivity index (χ2n) is 8.01. The number of H-pyrrole nitrogens is 1. The molecule has 1 unspecified atom stereocenters. The van der Waals surface area contributed by atoms with E-state index in [1.54, 1.807) is 4.57 Å². The molecule has 6 nitrogen and oxygen atoms in total. The summed E-state index contributed by atoms with van der Waals surface area (Å²) in [6.07, 6.45) is -2.04. The van der Waals surface area contributed by atoms with E-state index in [4.69, 9.17) is 4.74 Å². The molecule has 2 aromatic rings. The monoisotopic (exact) mass is 475 g/mol. The van der Waals surface area contributed by atoms with Gasteiger partial charge in [-0.1, -0.05) is 15.9 Å². The zero-order valence-electron chi connectivity index (χ0n) is 15.8. The highest BCUT2D eigenvalue weighted by Crippen LogP contribution is 2.38. The summed E-state index contributed by atoms with van der Waals surface area (Å²) >= 11 is 2.99. The van der Waals surface area contributed by atoms with Gasteiger partial charge in [0.1, 0.15) is 0 Å². The summed E-state index contributed by atoms with van der Waals surface area (Å²) in [5.74, 6) is -0.195. The van der Waals surface area contributed by atoms with Crippen molar-refractivity contribution in [1.29, 1.82) is 0 Å². The van der Waals surface area contributed by atoms with Crippen molar-refractivity contribution in [3.63, 3.8) is 0 Å². The molecule has 2 fully saturated rings. The molecular formula is C19H21BrF3N3O3. The SMILES string of the molecule is CC1(N2CCC(n3c(=O)[nH]c4cc(C(F)(F)F)c(Br)cc43)CC2)CCOC(=O)C1. The van der Waals surface area contributed by atoms with Crippen molar-refractivity contribution in [3.8, 4) is 0 Å². The molecule has 29 heavy (non-hydrogen) atoms. The molecule has 0 spiro atoms. The second-order valence-corrected chi connectivity index (χ2v) is 8.86. The molecule has 0 amide bonds. The van der Waals surface area contributed by atoms with Gasteiger partial charge in [0, 0.05) is 35.6 Å². The maximum atomic E-state index is 13.2. The topological polar surface area (TPSA) is 67.3 Å². The van der Waals surface area contributed by atoms with Crippen molar-refractivity contribution in [2.75, 3.05) is 19.7 Å². The van der Waals surface area contributed by atoms with E-state index in [2.05, 4.69) is 32.7 Å². The number of alkyl halides is 3. The number of likely N-dealkylation sites (tertiary alicyclic amines) is 1. The number of benzene rings is 1. The van der Waals surface area contributed by atoms with E-state index < -0.39 is 17.4 Å². The van der Waals surface area contributed by atoms with Crippen molar-refractivity contribution in [2.24, 2.45) is 0 Å². The van der Waals surface area contributed by atoms with Crippen LogP contribution in [-0.4, -0.2) is 45.7 Å². The highest BCUT2D eigenvalue weighted by atomic mass is 79.9. The number of rotatable bonds is 2. The average Bonchev–Trinajstić information content (AvgIpc) is 2.95. The number of imidazole rings is 1. The number of halogens is 4. The smallest absolute Gasteiger partial charge is 0.417 e. The first kappa shape index (κ1) is 20.5. The van der Waals surface area contributed by atoms with Gasteiger partial charge < -0.3 is 9.72 Å². The van der Waals surface area contributed by atoms with Gasteiger partial charge in [0.15, 0.2) is 0 Å². The van der Waals surface area contributed by atoms with Gasteiger partial charge in [0.25, 0.3) is 0 Å². The Morgan fingerprint density at radius 1 is 1.24 bits per heavy atom. The normalized spacial score (nSPS) is 24.8. The van der Waals surface area contributed by atoms with Crippen LogP contribution in [0.25, 0.3) is 11.0 Å². The van der Waals surface area contributed by atoms with Gasteiger partial charge in [-0.05, 0) is 31.9 Å². The van der Waals surface area contributed by atoms with Crippen LogP contribution in [0.4, 0.5) is 13.2 Å². The molecule has 3 heterocycles. The maximum absolute atomic E-state index is 13.2. The molecule has 0 bridgehead atoms. The lowest BCUT2D eigenvalue weighted by Crippen LogP contribution is -2.54. The number of carbonyl (C=O) groups excluding carboxylic acids is 1.